The summed E-state index contributed by atoms with van der Waals surface area (Å²) in [5, 5.41) is 13.7. The Bertz CT molecular complexity index is 695. The van der Waals surface area contributed by atoms with Crippen LogP contribution in [0.15, 0.2) is 22.8 Å². The van der Waals surface area contributed by atoms with Gasteiger partial charge in [-0.25, -0.2) is 9.37 Å². The van der Waals surface area contributed by atoms with E-state index in [0.717, 1.165) is 6.20 Å². The van der Waals surface area contributed by atoms with Gasteiger partial charge in [0.25, 0.3) is 0 Å². The number of hydrogen-bond acceptors (Lipinski definition) is 6. The molecule has 0 amide bonds. The van der Waals surface area contributed by atoms with Crippen LogP contribution in [0.25, 0.3) is 0 Å². The number of halogens is 2. The van der Waals surface area contributed by atoms with Crippen LogP contribution in [0.3, 0.4) is 0 Å². The number of benzene rings is 1. The number of anilines is 3. The number of aromatic nitrogens is 2. The highest BCUT2D eigenvalue weighted by atomic mass is 79.9. The minimum Gasteiger partial charge on any atom is -0.368 e. The maximum Gasteiger partial charge on any atom is 0.329 e. The Kier molecular flexibility index (Phi) is 3.79. The minimum atomic E-state index is -0.629. The van der Waals surface area contributed by atoms with Crippen LogP contribution in [0.4, 0.5) is 27.5 Å². The van der Waals surface area contributed by atoms with E-state index in [1.165, 1.54) is 12.1 Å². The van der Waals surface area contributed by atoms with Crippen LogP contribution in [0.5, 0.6) is 0 Å². The molecular weight excluding hydrogens is 333 g/mol. The first kappa shape index (κ1) is 14.1. The van der Waals surface area contributed by atoms with Gasteiger partial charge in [-0.2, -0.15) is 4.98 Å². The molecule has 1 aromatic carbocycles. The second-order valence-corrected chi connectivity index (χ2v) is 4.78. The highest BCUT2D eigenvalue weighted by Gasteiger charge is 2.18. The van der Waals surface area contributed by atoms with E-state index in [4.69, 9.17) is 5.73 Å². The lowest BCUT2D eigenvalue weighted by molar-refractivity contribution is -0.384. The number of nitro groups is 1. The Morgan fingerprint density at radius 2 is 2.20 bits per heavy atom. The monoisotopic (exact) mass is 341 g/mol. The van der Waals surface area contributed by atoms with E-state index in [2.05, 4.69) is 31.2 Å². The van der Waals surface area contributed by atoms with Gasteiger partial charge in [-0.15, -0.1) is 0 Å². The Morgan fingerprint density at radius 3 is 2.85 bits per heavy atom. The maximum atomic E-state index is 13.3. The molecule has 3 N–H and O–H groups in total. The van der Waals surface area contributed by atoms with Crippen molar-refractivity contribution in [2.24, 2.45) is 0 Å². The molecule has 2 rings (SSSR count). The summed E-state index contributed by atoms with van der Waals surface area (Å²) in [6.45, 7) is 1.66. The number of nitrogen functional groups attached to an aromatic ring is 1. The van der Waals surface area contributed by atoms with E-state index >= 15 is 0 Å². The van der Waals surface area contributed by atoms with Crippen molar-refractivity contribution in [1.82, 2.24) is 9.97 Å². The van der Waals surface area contributed by atoms with Gasteiger partial charge >= 0.3 is 5.69 Å². The van der Waals surface area contributed by atoms with Gasteiger partial charge in [0.05, 0.1) is 9.40 Å². The first-order chi connectivity index (χ1) is 9.38. The number of nitrogens with two attached hydrogens (primary N) is 1. The molecule has 104 valence electrons. The third-order valence-electron chi connectivity index (χ3n) is 2.51. The van der Waals surface area contributed by atoms with Crippen molar-refractivity contribution in [1.29, 1.82) is 0 Å². The molecule has 20 heavy (non-hydrogen) atoms. The van der Waals surface area contributed by atoms with Crippen molar-refractivity contribution in [3.63, 3.8) is 0 Å². The third-order valence-corrected chi connectivity index (χ3v) is 3.11. The number of aryl methyl sites for hydroxylation is 1. The van der Waals surface area contributed by atoms with E-state index < -0.39 is 10.7 Å². The summed E-state index contributed by atoms with van der Waals surface area (Å²) in [7, 11) is 0. The Labute approximate surface area is 121 Å². The van der Waals surface area contributed by atoms with E-state index in [1.54, 1.807) is 6.92 Å². The molecule has 0 radical (unpaired) electrons. The fourth-order valence-electron chi connectivity index (χ4n) is 1.52. The summed E-state index contributed by atoms with van der Waals surface area (Å²) in [6, 6.07) is 2.76. The quantitative estimate of drug-likeness (QED) is 0.656. The lowest BCUT2D eigenvalue weighted by atomic mass is 10.2. The van der Waals surface area contributed by atoms with Crippen LogP contribution in [0.1, 0.15) is 5.56 Å². The molecule has 0 bridgehead atoms. The molecule has 0 saturated carbocycles. The van der Waals surface area contributed by atoms with Gasteiger partial charge in [-0.05, 0) is 40.5 Å². The second-order valence-electron chi connectivity index (χ2n) is 3.93. The SMILES string of the molecule is Cc1cc(F)c(Br)cc1Nc1nc(N)ncc1[N+](=O)[O-]. The molecule has 0 aliphatic rings. The summed E-state index contributed by atoms with van der Waals surface area (Å²) in [5.41, 5.74) is 6.14. The van der Waals surface area contributed by atoms with E-state index in [0.29, 0.717) is 11.3 Å². The highest BCUT2D eigenvalue weighted by molar-refractivity contribution is 9.10. The van der Waals surface area contributed by atoms with Crippen molar-refractivity contribution in [3.05, 3.63) is 44.3 Å². The molecule has 1 heterocycles. The summed E-state index contributed by atoms with van der Waals surface area (Å²) >= 11 is 3.05. The minimum absolute atomic E-state index is 0.0518. The number of nitrogens with zero attached hydrogens (tertiary/aromatic N) is 3. The van der Waals surface area contributed by atoms with E-state index in [1.807, 2.05) is 0 Å². The van der Waals surface area contributed by atoms with Crippen LogP contribution < -0.4 is 11.1 Å². The van der Waals surface area contributed by atoms with Crippen molar-refractivity contribution in [3.8, 4) is 0 Å². The summed E-state index contributed by atoms with van der Waals surface area (Å²) in [6.07, 6.45) is 1.01. The van der Waals surface area contributed by atoms with Crippen LogP contribution >= 0.6 is 15.9 Å². The Balaban J connectivity index is 2.47. The zero-order valence-electron chi connectivity index (χ0n) is 10.2. The lowest BCUT2D eigenvalue weighted by Gasteiger charge is -2.10. The van der Waals surface area contributed by atoms with E-state index in [9.17, 15) is 14.5 Å². The van der Waals surface area contributed by atoms with Gasteiger partial charge in [-0.1, -0.05) is 0 Å². The molecule has 0 fully saturated rings. The zero-order chi connectivity index (χ0) is 14.9. The second kappa shape index (κ2) is 5.37. The van der Waals surface area contributed by atoms with Gasteiger partial charge in [0, 0.05) is 5.69 Å². The Morgan fingerprint density at radius 1 is 1.50 bits per heavy atom. The van der Waals surface area contributed by atoms with E-state index in [-0.39, 0.29) is 21.9 Å². The van der Waals surface area contributed by atoms with Crippen LogP contribution in [0.2, 0.25) is 0 Å². The van der Waals surface area contributed by atoms with Gasteiger partial charge in [0.1, 0.15) is 12.0 Å². The topological polar surface area (TPSA) is 107 Å². The van der Waals surface area contributed by atoms with Crippen molar-refractivity contribution < 1.29 is 9.31 Å². The van der Waals surface area contributed by atoms with Gasteiger partial charge in [-0.3, -0.25) is 10.1 Å². The first-order valence-electron chi connectivity index (χ1n) is 5.38. The lowest BCUT2D eigenvalue weighted by Crippen LogP contribution is -2.05. The van der Waals surface area contributed by atoms with Gasteiger partial charge in [0.15, 0.2) is 0 Å². The highest BCUT2D eigenvalue weighted by Crippen LogP contribution is 2.30. The normalized spacial score (nSPS) is 10.3. The molecule has 0 saturated heterocycles. The fourth-order valence-corrected chi connectivity index (χ4v) is 1.87. The molecule has 7 nitrogen and oxygen atoms in total. The number of rotatable bonds is 3. The average molecular weight is 342 g/mol. The molecule has 0 atom stereocenters. The molecule has 0 spiro atoms. The number of hydrogen-bond donors (Lipinski definition) is 2. The smallest absolute Gasteiger partial charge is 0.329 e. The zero-order valence-corrected chi connectivity index (χ0v) is 11.8. The molecule has 9 heteroatoms. The Hall–Kier alpha value is -2.29. The molecule has 2 aromatic rings. The predicted molar refractivity (Wildman–Crippen MR) is 75.2 cm³/mol. The molecule has 0 unspecified atom stereocenters. The fraction of sp³-hybridized carbons (Fsp3) is 0.0909. The molecule has 1 aromatic heterocycles. The summed E-state index contributed by atoms with van der Waals surface area (Å²) < 4.78 is 13.6. The largest absolute Gasteiger partial charge is 0.368 e. The standard InChI is InChI=1S/C11H9BrFN5O2/c1-5-2-7(13)6(12)3-8(5)16-10-9(18(19)20)4-15-11(14)17-10/h2-4H,1H3,(H3,14,15,16,17). The maximum absolute atomic E-state index is 13.3. The van der Waals surface area contributed by atoms with Crippen molar-refractivity contribution in [2.75, 3.05) is 11.1 Å². The first-order valence-corrected chi connectivity index (χ1v) is 6.17. The van der Waals surface area contributed by atoms with Crippen LogP contribution in [-0.2, 0) is 0 Å². The molecule has 0 aliphatic carbocycles. The average Bonchev–Trinajstić information content (AvgIpc) is 2.35. The van der Waals surface area contributed by atoms with Crippen LogP contribution in [-0.4, -0.2) is 14.9 Å². The number of nitrogens with one attached hydrogen (secondary N) is 1. The van der Waals surface area contributed by atoms with Crippen molar-refractivity contribution >= 4 is 39.1 Å². The van der Waals surface area contributed by atoms with Gasteiger partial charge in [0.2, 0.25) is 11.8 Å². The third kappa shape index (κ3) is 2.82. The summed E-state index contributed by atoms with van der Waals surface area (Å²) in [4.78, 5) is 17.6. The molecular formula is C11H9BrFN5O2. The summed E-state index contributed by atoms with van der Waals surface area (Å²) in [5.74, 6) is -0.578. The predicted octanol–water partition coefficient (Wildman–Crippen LogP) is 2.92. The van der Waals surface area contributed by atoms with Crippen molar-refractivity contribution in [2.45, 2.75) is 6.92 Å². The van der Waals surface area contributed by atoms with Gasteiger partial charge < -0.3 is 11.1 Å². The molecule has 0 aliphatic heterocycles. The van der Waals surface area contributed by atoms with Crippen LogP contribution in [0, 0.1) is 22.9 Å².